The molecule has 172 valence electrons. The molecule has 10 heteroatoms. The second kappa shape index (κ2) is 7.63. The normalized spacial score (nSPS) is 20.3. The van der Waals surface area contributed by atoms with Crippen LogP contribution in [0.2, 0.25) is 0 Å². The molecule has 4 aromatic rings. The maximum absolute atomic E-state index is 13.0. The molecular weight excluding hydrogens is 452 g/mol. The first kappa shape index (κ1) is 20.8. The first-order valence-electron chi connectivity index (χ1n) is 10.8. The van der Waals surface area contributed by atoms with Crippen molar-refractivity contribution in [3.63, 3.8) is 0 Å². The summed E-state index contributed by atoms with van der Waals surface area (Å²) in [6, 6.07) is 11.9. The molecule has 6 rings (SSSR count). The minimum atomic E-state index is -0.540. The lowest BCUT2D eigenvalue weighted by Crippen LogP contribution is -2.21. The minimum Gasteiger partial charge on any atom is -0.497 e. The lowest BCUT2D eigenvalue weighted by molar-refractivity contribution is -0.118. The molecule has 1 amide bonds. The van der Waals surface area contributed by atoms with E-state index in [1.807, 2.05) is 30.5 Å². The van der Waals surface area contributed by atoms with Crippen molar-refractivity contribution >= 4 is 45.9 Å². The number of ether oxygens (including phenoxy) is 2. The highest BCUT2D eigenvalue weighted by atomic mass is 32.2. The number of benzene rings is 2. The van der Waals surface area contributed by atoms with Gasteiger partial charge in [0.1, 0.15) is 5.75 Å². The van der Waals surface area contributed by atoms with Gasteiger partial charge >= 0.3 is 0 Å². The third-order valence-corrected chi connectivity index (χ3v) is 7.25. The molecule has 1 aliphatic heterocycles. The number of nitrogens with zero attached hydrogens (tertiary/aromatic N) is 3. The molecule has 2 aromatic carbocycles. The van der Waals surface area contributed by atoms with Crippen LogP contribution in [0.15, 0.2) is 47.8 Å². The van der Waals surface area contributed by atoms with E-state index in [4.69, 9.17) is 9.47 Å². The summed E-state index contributed by atoms with van der Waals surface area (Å²) in [5.41, 5.74) is 3.31. The van der Waals surface area contributed by atoms with Crippen molar-refractivity contribution in [1.29, 1.82) is 0 Å². The smallest absolute Gasteiger partial charge is 0.235 e. The fourth-order valence-electron chi connectivity index (χ4n) is 4.85. The number of fused-ring (bicyclic) bond motifs is 3. The Labute approximate surface area is 199 Å². The lowest BCUT2D eigenvalue weighted by atomic mass is 9.91. The summed E-state index contributed by atoms with van der Waals surface area (Å²) in [5.74, 6) is 2.62. The predicted octanol–water partition coefficient (Wildman–Crippen LogP) is 4.21. The van der Waals surface area contributed by atoms with Crippen LogP contribution in [0, 0.1) is 0 Å². The Morgan fingerprint density at radius 3 is 2.82 bits per heavy atom. The number of aromatic nitrogens is 4. The van der Waals surface area contributed by atoms with Gasteiger partial charge in [-0.3, -0.25) is 9.89 Å². The zero-order chi connectivity index (χ0) is 23.4. The number of amides is 1. The number of hydrogen-bond donors (Lipinski definition) is 3. The van der Waals surface area contributed by atoms with E-state index in [1.165, 1.54) is 11.8 Å². The van der Waals surface area contributed by atoms with Crippen LogP contribution in [-0.2, 0) is 10.2 Å². The van der Waals surface area contributed by atoms with E-state index in [2.05, 4.69) is 42.9 Å². The van der Waals surface area contributed by atoms with E-state index >= 15 is 0 Å². The summed E-state index contributed by atoms with van der Waals surface area (Å²) < 4.78 is 10.8. The van der Waals surface area contributed by atoms with E-state index in [9.17, 15) is 4.79 Å². The van der Waals surface area contributed by atoms with Gasteiger partial charge in [0.2, 0.25) is 5.91 Å². The molecule has 3 heterocycles. The highest BCUT2D eigenvalue weighted by Crippen LogP contribution is 2.65. The molecular formula is C24H22N6O3S. The van der Waals surface area contributed by atoms with Gasteiger partial charge in [0.15, 0.2) is 22.5 Å². The molecule has 34 heavy (non-hydrogen) atoms. The largest absolute Gasteiger partial charge is 0.497 e. The molecule has 2 atom stereocenters. The number of aromatic amines is 1. The first-order chi connectivity index (χ1) is 16.6. The summed E-state index contributed by atoms with van der Waals surface area (Å²) in [5, 5.41) is 15.4. The third kappa shape index (κ3) is 3.02. The first-order valence-corrected chi connectivity index (χ1v) is 12.0. The van der Waals surface area contributed by atoms with Crippen molar-refractivity contribution in [3.8, 4) is 11.5 Å². The Kier molecular flexibility index (Phi) is 4.66. The van der Waals surface area contributed by atoms with Gasteiger partial charge in [-0.25, -0.2) is 9.97 Å². The van der Waals surface area contributed by atoms with Crippen molar-refractivity contribution in [3.05, 3.63) is 53.7 Å². The van der Waals surface area contributed by atoms with E-state index in [1.54, 1.807) is 20.4 Å². The summed E-state index contributed by atoms with van der Waals surface area (Å²) in [6.07, 6.45) is 4.32. The number of anilines is 3. The highest BCUT2D eigenvalue weighted by molar-refractivity contribution is 7.98. The average Bonchev–Trinajstić information content (AvgIpc) is 3.42. The molecule has 0 unspecified atom stereocenters. The number of carbonyl (C=O) groups is 1. The molecule has 0 bridgehead atoms. The van der Waals surface area contributed by atoms with Gasteiger partial charge in [0, 0.05) is 17.0 Å². The van der Waals surface area contributed by atoms with Gasteiger partial charge in [0.25, 0.3) is 0 Å². The fraction of sp³-hybridized carbons (Fsp3) is 0.250. The van der Waals surface area contributed by atoms with Crippen LogP contribution in [0.5, 0.6) is 11.5 Å². The molecule has 2 aromatic heterocycles. The molecule has 1 saturated carbocycles. The molecule has 1 aliphatic carbocycles. The number of methoxy groups -OCH3 is 2. The molecule has 1 spiro atoms. The molecule has 3 N–H and O–H groups in total. The molecule has 9 nitrogen and oxygen atoms in total. The third-order valence-electron chi connectivity index (χ3n) is 6.68. The minimum absolute atomic E-state index is 0.0493. The predicted molar refractivity (Wildman–Crippen MR) is 130 cm³/mol. The van der Waals surface area contributed by atoms with Crippen LogP contribution in [0.25, 0.3) is 10.9 Å². The molecule has 1 fully saturated rings. The average molecular weight is 475 g/mol. The van der Waals surface area contributed by atoms with Crippen LogP contribution in [0.4, 0.5) is 17.3 Å². The quantitative estimate of drug-likeness (QED) is 0.281. The fourth-order valence-corrected chi connectivity index (χ4v) is 5.19. The van der Waals surface area contributed by atoms with Crippen molar-refractivity contribution in [2.45, 2.75) is 22.9 Å². The van der Waals surface area contributed by atoms with Crippen LogP contribution < -0.4 is 20.1 Å². The van der Waals surface area contributed by atoms with Gasteiger partial charge in [0.05, 0.1) is 31.3 Å². The van der Waals surface area contributed by atoms with E-state index in [-0.39, 0.29) is 11.8 Å². The number of thioether (sulfide) groups is 1. The van der Waals surface area contributed by atoms with Crippen LogP contribution in [-0.4, -0.2) is 46.5 Å². The van der Waals surface area contributed by atoms with Gasteiger partial charge in [-0.05, 0) is 54.1 Å². The molecule has 0 saturated heterocycles. The Morgan fingerprint density at radius 1 is 1.15 bits per heavy atom. The summed E-state index contributed by atoms with van der Waals surface area (Å²) in [6.45, 7) is 0. The molecule has 2 aliphatic rings. The van der Waals surface area contributed by atoms with Crippen molar-refractivity contribution in [2.24, 2.45) is 0 Å². The zero-order valence-electron chi connectivity index (χ0n) is 18.8. The Hall–Kier alpha value is -3.79. The Balaban J connectivity index is 1.32. The number of carbonyl (C=O) groups excluding carboxylic acids is 1. The molecule has 0 radical (unpaired) electrons. The Morgan fingerprint density at radius 2 is 2.03 bits per heavy atom. The summed E-state index contributed by atoms with van der Waals surface area (Å²) in [7, 11) is 3.22. The van der Waals surface area contributed by atoms with E-state index < -0.39 is 5.41 Å². The van der Waals surface area contributed by atoms with Gasteiger partial charge in [-0.15, -0.1) is 0 Å². The number of hydrogen-bond acceptors (Lipinski definition) is 8. The lowest BCUT2D eigenvalue weighted by Gasteiger charge is -2.11. The van der Waals surface area contributed by atoms with Gasteiger partial charge in [-0.1, -0.05) is 17.8 Å². The number of rotatable bonds is 6. The number of H-pyrrole nitrogens is 1. The number of nitrogens with one attached hydrogen (secondary N) is 3. The van der Waals surface area contributed by atoms with Crippen molar-refractivity contribution < 1.29 is 14.3 Å². The summed E-state index contributed by atoms with van der Waals surface area (Å²) >= 11 is 1.45. The highest BCUT2D eigenvalue weighted by Gasteiger charge is 2.65. The zero-order valence-corrected chi connectivity index (χ0v) is 19.6. The Bertz CT molecular complexity index is 1450. The van der Waals surface area contributed by atoms with E-state index in [0.29, 0.717) is 22.5 Å². The topological polar surface area (TPSA) is 114 Å². The maximum Gasteiger partial charge on any atom is 0.235 e. The van der Waals surface area contributed by atoms with Crippen molar-refractivity contribution in [2.75, 3.05) is 31.1 Å². The van der Waals surface area contributed by atoms with Crippen LogP contribution >= 0.6 is 11.8 Å². The standard InChI is InChI=1S/C24H22N6O3S/c1-32-13-5-7-17-15(9-13)24(22(31)26-17)10-16(24)12-4-6-14-18(8-12)29-30-20(14)27-21-19(33-2)11-25-23(28-21)34-3/h4-9,11,16H,10H2,1-3H3,(H,26,31)(H2,25,27,28,29,30)/t16-,24-/m0/s1. The van der Waals surface area contributed by atoms with Crippen molar-refractivity contribution in [1.82, 2.24) is 20.2 Å². The maximum atomic E-state index is 13.0. The second-order valence-electron chi connectivity index (χ2n) is 8.37. The second-order valence-corrected chi connectivity index (χ2v) is 9.14. The SMILES string of the molecule is COc1ccc2c(c1)[C@]1(C[C@H]1c1ccc3c(Nc4nc(SC)ncc4OC)n[nH]c3c1)C(=O)N2. The van der Waals surface area contributed by atoms with Gasteiger partial charge < -0.3 is 20.1 Å². The monoisotopic (exact) mass is 474 g/mol. The van der Waals surface area contributed by atoms with Gasteiger partial charge in [-0.2, -0.15) is 5.10 Å². The van der Waals surface area contributed by atoms with E-state index in [0.717, 1.165) is 39.9 Å². The summed E-state index contributed by atoms with van der Waals surface area (Å²) in [4.78, 5) is 21.7. The van der Waals surface area contributed by atoms with Crippen LogP contribution in [0.3, 0.4) is 0 Å². The van der Waals surface area contributed by atoms with Crippen LogP contribution in [0.1, 0.15) is 23.5 Å².